The second-order valence-corrected chi connectivity index (χ2v) is 6.01. The molecule has 0 atom stereocenters. The van der Waals surface area contributed by atoms with Crippen LogP contribution in [0, 0.1) is 5.41 Å². The normalized spacial score (nSPS) is 10.9. The molecule has 1 rings (SSSR count). The van der Waals surface area contributed by atoms with E-state index in [9.17, 15) is 9.59 Å². The molecule has 0 fully saturated rings. The van der Waals surface area contributed by atoms with E-state index >= 15 is 0 Å². The van der Waals surface area contributed by atoms with Gasteiger partial charge in [0.2, 0.25) is 0 Å². The maximum atomic E-state index is 11.6. The van der Waals surface area contributed by atoms with E-state index in [4.69, 9.17) is 4.74 Å². The van der Waals surface area contributed by atoms with E-state index < -0.39 is 6.09 Å². The summed E-state index contributed by atoms with van der Waals surface area (Å²) in [7, 11) is 0. The lowest BCUT2D eigenvalue weighted by Crippen LogP contribution is -2.30. The first kappa shape index (κ1) is 16.2. The minimum Gasteiger partial charge on any atom is -0.445 e. The number of hydrogen-bond acceptors (Lipinski definition) is 3. The number of benzene rings is 1. The van der Waals surface area contributed by atoms with Crippen LogP contribution in [0.4, 0.5) is 4.79 Å². The third-order valence-corrected chi connectivity index (χ3v) is 2.80. The quantitative estimate of drug-likeness (QED) is 0.868. The van der Waals surface area contributed by atoms with Gasteiger partial charge in [-0.05, 0) is 17.4 Å². The van der Waals surface area contributed by atoms with Crippen LogP contribution in [0.5, 0.6) is 0 Å². The van der Waals surface area contributed by atoms with Crippen molar-refractivity contribution in [2.45, 2.75) is 40.2 Å². The SMILES string of the molecule is CC(C)(C)CCC(=O)CNC(=O)OCc1ccccc1. The molecule has 20 heavy (non-hydrogen) atoms. The smallest absolute Gasteiger partial charge is 0.407 e. The third-order valence-electron chi connectivity index (χ3n) is 2.80. The molecule has 0 spiro atoms. The van der Waals surface area contributed by atoms with E-state index in [1.165, 1.54) is 0 Å². The zero-order valence-corrected chi connectivity index (χ0v) is 12.4. The van der Waals surface area contributed by atoms with Gasteiger partial charge in [-0.15, -0.1) is 0 Å². The third kappa shape index (κ3) is 7.56. The highest BCUT2D eigenvalue weighted by Crippen LogP contribution is 2.20. The summed E-state index contributed by atoms with van der Waals surface area (Å²) in [6.45, 7) is 6.50. The van der Waals surface area contributed by atoms with Crippen LogP contribution in [0.1, 0.15) is 39.2 Å². The fourth-order valence-electron chi connectivity index (χ4n) is 1.55. The average Bonchev–Trinajstić information content (AvgIpc) is 2.41. The molecule has 0 bridgehead atoms. The number of carbonyl (C=O) groups is 2. The summed E-state index contributed by atoms with van der Waals surface area (Å²) >= 11 is 0. The van der Waals surface area contributed by atoms with Crippen molar-refractivity contribution in [1.29, 1.82) is 0 Å². The Balaban J connectivity index is 2.18. The Morgan fingerprint density at radius 2 is 1.80 bits per heavy atom. The molecule has 0 aliphatic rings. The molecule has 4 heteroatoms. The monoisotopic (exact) mass is 277 g/mol. The van der Waals surface area contributed by atoms with Crippen molar-refractivity contribution in [3.05, 3.63) is 35.9 Å². The van der Waals surface area contributed by atoms with Gasteiger partial charge in [-0.2, -0.15) is 0 Å². The van der Waals surface area contributed by atoms with Crippen molar-refractivity contribution in [3.63, 3.8) is 0 Å². The van der Waals surface area contributed by atoms with Crippen LogP contribution in [-0.4, -0.2) is 18.4 Å². The van der Waals surface area contributed by atoms with Gasteiger partial charge in [0, 0.05) is 6.42 Å². The molecule has 0 aliphatic heterocycles. The number of nitrogens with one attached hydrogen (secondary N) is 1. The number of hydrogen-bond donors (Lipinski definition) is 1. The molecule has 0 aromatic heterocycles. The highest BCUT2D eigenvalue weighted by atomic mass is 16.5. The summed E-state index contributed by atoms with van der Waals surface area (Å²) in [5.74, 6) is 0.0246. The van der Waals surface area contributed by atoms with Crippen LogP contribution >= 0.6 is 0 Å². The standard InChI is InChI=1S/C16H23NO3/c1-16(2,3)10-9-14(18)11-17-15(19)20-12-13-7-5-4-6-8-13/h4-8H,9-12H2,1-3H3,(H,17,19). The highest BCUT2D eigenvalue weighted by molar-refractivity contribution is 5.83. The van der Waals surface area contributed by atoms with Crippen molar-refractivity contribution >= 4 is 11.9 Å². The molecule has 1 amide bonds. The van der Waals surface area contributed by atoms with Gasteiger partial charge in [0.1, 0.15) is 6.61 Å². The molecule has 1 N–H and O–H groups in total. The summed E-state index contributed by atoms with van der Waals surface area (Å²) in [4.78, 5) is 23.0. The number of carbonyl (C=O) groups excluding carboxylic acids is 2. The van der Waals surface area contributed by atoms with E-state index in [0.29, 0.717) is 6.42 Å². The van der Waals surface area contributed by atoms with E-state index in [1.54, 1.807) is 0 Å². The second kappa shape index (κ2) is 7.68. The van der Waals surface area contributed by atoms with Crippen LogP contribution < -0.4 is 5.32 Å². The number of amides is 1. The van der Waals surface area contributed by atoms with Crippen LogP contribution in [0.25, 0.3) is 0 Å². The van der Waals surface area contributed by atoms with Gasteiger partial charge >= 0.3 is 6.09 Å². The fraction of sp³-hybridized carbons (Fsp3) is 0.500. The van der Waals surface area contributed by atoms with Crippen molar-refractivity contribution in [1.82, 2.24) is 5.32 Å². The topological polar surface area (TPSA) is 55.4 Å². The van der Waals surface area contributed by atoms with Crippen LogP contribution in [0.3, 0.4) is 0 Å². The number of ether oxygens (including phenoxy) is 1. The summed E-state index contributed by atoms with van der Waals surface area (Å²) in [5, 5.41) is 2.48. The molecule has 0 saturated heterocycles. The highest BCUT2D eigenvalue weighted by Gasteiger charge is 2.13. The Hall–Kier alpha value is -1.84. The Labute approximate surface area is 120 Å². The zero-order valence-electron chi connectivity index (χ0n) is 12.4. The van der Waals surface area contributed by atoms with Gasteiger partial charge in [0.15, 0.2) is 5.78 Å². The molecule has 0 aliphatic carbocycles. The molecule has 0 radical (unpaired) electrons. The Morgan fingerprint density at radius 1 is 1.15 bits per heavy atom. The minimum absolute atomic E-state index is 0.0246. The maximum Gasteiger partial charge on any atom is 0.407 e. The minimum atomic E-state index is -0.557. The number of rotatable bonds is 6. The van der Waals surface area contributed by atoms with Crippen LogP contribution in [-0.2, 0) is 16.1 Å². The Morgan fingerprint density at radius 3 is 2.40 bits per heavy atom. The largest absolute Gasteiger partial charge is 0.445 e. The van der Waals surface area contributed by atoms with Gasteiger partial charge < -0.3 is 10.1 Å². The van der Waals surface area contributed by atoms with Gasteiger partial charge in [-0.3, -0.25) is 4.79 Å². The lowest BCUT2D eigenvalue weighted by Gasteiger charge is -2.17. The summed E-state index contributed by atoms with van der Waals surface area (Å²) in [5.41, 5.74) is 1.05. The molecule has 1 aromatic carbocycles. The summed E-state index contributed by atoms with van der Waals surface area (Å²) in [6, 6.07) is 9.42. The van der Waals surface area contributed by atoms with Gasteiger partial charge in [-0.25, -0.2) is 4.79 Å². The summed E-state index contributed by atoms with van der Waals surface area (Å²) < 4.78 is 5.02. The van der Waals surface area contributed by atoms with Crippen molar-refractivity contribution < 1.29 is 14.3 Å². The molecule has 0 unspecified atom stereocenters. The average molecular weight is 277 g/mol. The first-order valence-corrected chi connectivity index (χ1v) is 6.83. The van der Waals surface area contributed by atoms with E-state index in [2.05, 4.69) is 26.1 Å². The molecule has 4 nitrogen and oxygen atoms in total. The molecule has 0 heterocycles. The lowest BCUT2D eigenvalue weighted by atomic mass is 9.89. The van der Waals surface area contributed by atoms with E-state index in [-0.39, 0.29) is 24.3 Å². The molecule has 0 saturated carbocycles. The molecule has 110 valence electrons. The lowest BCUT2D eigenvalue weighted by molar-refractivity contribution is -0.118. The Kier molecular flexibility index (Phi) is 6.22. The fourth-order valence-corrected chi connectivity index (χ4v) is 1.55. The van der Waals surface area contributed by atoms with E-state index in [1.807, 2.05) is 30.3 Å². The van der Waals surface area contributed by atoms with Crippen molar-refractivity contribution in [2.24, 2.45) is 5.41 Å². The number of Topliss-reactive ketones (excluding diaryl/α,β-unsaturated/α-hetero) is 1. The van der Waals surface area contributed by atoms with E-state index in [0.717, 1.165) is 12.0 Å². The molecule has 1 aromatic rings. The second-order valence-electron chi connectivity index (χ2n) is 6.01. The van der Waals surface area contributed by atoms with Crippen molar-refractivity contribution in [2.75, 3.05) is 6.54 Å². The molecular formula is C16H23NO3. The van der Waals surface area contributed by atoms with Gasteiger partial charge in [0.05, 0.1) is 6.54 Å². The van der Waals surface area contributed by atoms with Crippen molar-refractivity contribution in [3.8, 4) is 0 Å². The molecular weight excluding hydrogens is 254 g/mol. The predicted octanol–water partition coefficient (Wildman–Crippen LogP) is 3.31. The van der Waals surface area contributed by atoms with Gasteiger partial charge in [-0.1, -0.05) is 51.1 Å². The first-order chi connectivity index (χ1) is 9.37. The van der Waals surface area contributed by atoms with Crippen LogP contribution in [0.15, 0.2) is 30.3 Å². The maximum absolute atomic E-state index is 11.6. The number of ketones is 1. The Bertz CT molecular complexity index is 435. The first-order valence-electron chi connectivity index (χ1n) is 6.83. The number of alkyl carbamates (subject to hydrolysis) is 1. The summed E-state index contributed by atoms with van der Waals surface area (Å²) in [6.07, 6.45) is 0.729. The zero-order chi connectivity index (χ0) is 15.0. The predicted molar refractivity (Wildman–Crippen MR) is 78.3 cm³/mol. The van der Waals surface area contributed by atoms with Gasteiger partial charge in [0.25, 0.3) is 0 Å². The van der Waals surface area contributed by atoms with Crippen LogP contribution in [0.2, 0.25) is 0 Å².